The van der Waals surface area contributed by atoms with Crippen molar-refractivity contribution in [3.05, 3.63) is 33.2 Å². The van der Waals surface area contributed by atoms with Gasteiger partial charge in [0.2, 0.25) is 0 Å². The summed E-state index contributed by atoms with van der Waals surface area (Å²) in [5.41, 5.74) is 2.79. The largest absolute Gasteiger partial charge is 0.326 e. The summed E-state index contributed by atoms with van der Waals surface area (Å²) >= 11 is 0. The second-order valence-corrected chi connectivity index (χ2v) is 4.38. The van der Waals surface area contributed by atoms with E-state index in [1.165, 1.54) is 19.1 Å². The van der Waals surface area contributed by atoms with Crippen molar-refractivity contribution in [3.63, 3.8) is 0 Å². The molecule has 1 aliphatic rings. The average molecular weight is 204 g/mol. The van der Waals surface area contributed by atoms with Crippen LogP contribution in [0.25, 0.3) is 0 Å². The number of pyridine rings is 1. The van der Waals surface area contributed by atoms with E-state index in [0.717, 1.165) is 16.8 Å². The molecule has 1 saturated carbocycles. The monoisotopic (exact) mass is 204 g/mol. The summed E-state index contributed by atoms with van der Waals surface area (Å²) in [5, 5.41) is 7.21. The zero-order valence-corrected chi connectivity index (χ0v) is 9.13. The van der Waals surface area contributed by atoms with Gasteiger partial charge in [0.15, 0.2) is 0 Å². The van der Waals surface area contributed by atoms with Gasteiger partial charge in [0, 0.05) is 23.4 Å². The number of aromatic amines is 1. The highest BCUT2D eigenvalue weighted by molar-refractivity contribution is 5.64. The molecule has 0 aliphatic heterocycles. The number of H-pyrrole nitrogens is 1. The minimum Gasteiger partial charge on any atom is -0.326 e. The van der Waals surface area contributed by atoms with Gasteiger partial charge in [0.25, 0.3) is 5.56 Å². The van der Waals surface area contributed by atoms with Crippen molar-refractivity contribution in [2.75, 3.05) is 0 Å². The zero-order chi connectivity index (χ0) is 11.0. The van der Waals surface area contributed by atoms with Crippen LogP contribution in [0, 0.1) is 12.3 Å². The normalized spacial score (nSPS) is 17.5. The van der Waals surface area contributed by atoms with Gasteiger partial charge < -0.3 is 10.4 Å². The highest BCUT2D eigenvalue weighted by atomic mass is 16.1. The first-order valence-electron chi connectivity index (χ1n) is 5.37. The molecule has 3 heteroatoms. The first kappa shape index (κ1) is 10.1. The summed E-state index contributed by atoms with van der Waals surface area (Å²) in [6.45, 7) is 3.83. The lowest BCUT2D eigenvalue weighted by molar-refractivity contribution is 0.919. The summed E-state index contributed by atoms with van der Waals surface area (Å²) < 4.78 is 0. The fourth-order valence-corrected chi connectivity index (χ4v) is 1.99. The Bertz CT molecular complexity index is 443. The van der Waals surface area contributed by atoms with Crippen LogP contribution in [0.3, 0.4) is 0 Å². The molecule has 3 nitrogen and oxygen atoms in total. The molecule has 15 heavy (non-hydrogen) atoms. The topological polar surface area (TPSA) is 56.7 Å². The Morgan fingerprint density at radius 2 is 2.27 bits per heavy atom. The number of aryl methyl sites for hydroxylation is 1. The molecule has 1 unspecified atom stereocenters. The van der Waals surface area contributed by atoms with Crippen LogP contribution in [-0.4, -0.2) is 11.2 Å². The number of hydrogen-bond donors (Lipinski definition) is 2. The lowest BCUT2D eigenvalue weighted by Crippen LogP contribution is -2.19. The van der Waals surface area contributed by atoms with E-state index in [1.807, 2.05) is 13.8 Å². The highest BCUT2D eigenvalue weighted by Crippen LogP contribution is 2.39. The van der Waals surface area contributed by atoms with Crippen LogP contribution in [0.4, 0.5) is 0 Å². The molecule has 1 atom stereocenters. The van der Waals surface area contributed by atoms with Crippen molar-refractivity contribution in [2.24, 2.45) is 0 Å². The second-order valence-electron chi connectivity index (χ2n) is 4.38. The zero-order valence-electron chi connectivity index (χ0n) is 9.13. The van der Waals surface area contributed by atoms with Crippen molar-refractivity contribution < 1.29 is 0 Å². The molecule has 2 rings (SSSR count). The molecule has 0 spiro atoms. The molecule has 1 heterocycles. The van der Waals surface area contributed by atoms with Crippen molar-refractivity contribution in [1.82, 2.24) is 4.98 Å². The molecule has 0 radical (unpaired) electrons. The van der Waals surface area contributed by atoms with E-state index in [9.17, 15) is 4.79 Å². The fraction of sp³-hybridized carbons (Fsp3) is 0.500. The third-order valence-electron chi connectivity index (χ3n) is 3.02. The standard InChI is InChI=1S/C12H16N2O/c1-7-5-10(9-3-4-9)14-12(15)11(7)8(2)6-13/h5-6,8-9,13H,3-4H2,1-2H3,(H,14,15). The van der Waals surface area contributed by atoms with Gasteiger partial charge in [0.1, 0.15) is 0 Å². The minimum absolute atomic E-state index is 0.0205. The first-order valence-corrected chi connectivity index (χ1v) is 5.37. The Morgan fingerprint density at radius 1 is 1.60 bits per heavy atom. The third-order valence-corrected chi connectivity index (χ3v) is 3.02. The molecule has 1 aliphatic carbocycles. The molecular weight excluding hydrogens is 188 g/mol. The predicted molar refractivity (Wildman–Crippen MR) is 61.0 cm³/mol. The number of nitrogens with one attached hydrogen (secondary N) is 2. The Labute approximate surface area is 89.0 Å². The maximum absolute atomic E-state index is 11.8. The maximum atomic E-state index is 11.8. The molecule has 2 N–H and O–H groups in total. The Hall–Kier alpha value is -1.38. The lowest BCUT2D eigenvalue weighted by Gasteiger charge is -2.10. The number of aromatic nitrogens is 1. The molecule has 1 aromatic rings. The van der Waals surface area contributed by atoms with Gasteiger partial charge >= 0.3 is 0 Å². The van der Waals surface area contributed by atoms with E-state index in [1.54, 1.807) is 0 Å². The predicted octanol–water partition coefficient (Wildman–Crippen LogP) is 2.31. The van der Waals surface area contributed by atoms with E-state index in [-0.39, 0.29) is 11.5 Å². The molecule has 0 saturated heterocycles. The molecule has 80 valence electrons. The van der Waals surface area contributed by atoms with Crippen LogP contribution in [0.1, 0.15) is 48.4 Å². The van der Waals surface area contributed by atoms with Crippen LogP contribution >= 0.6 is 0 Å². The van der Waals surface area contributed by atoms with Gasteiger partial charge in [-0.1, -0.05) is 6.92 Å². The van der Waals surface area contributed by atoms with E-state index < -0.39 is 0 Å². The molecular formula is C12H16N2O. The molecule has 0 bridgehead atoms. The molecule has 0 aromatic carbocycles. The van der Waals surface area contributed by atoms with Gasteiger partial charge in [-0.25, -0.2) is 0 Å². The Balaban J connectivity index is 2.48. The number of hydrogen-bond acceptors (Lipinski definition) is 2. The lowest BCUT2D eigenvalue weighted by atomic mass is 9.98. The van der Waals surface area contributed by atoms with Crippen LogP contribution < -0.4 is 5.56 Å². The van der Waals surface area contributed by atoms with Crippen molar-refractivity contribution in [3.8, 4) is 0 Å². The second kappa shape index (κ2) is 3.65. The van der Waals surface area contributed by atoms with E-state index in [4.69, 9.17) is 5.41 Å². The van der Waals surface area contributed by atoms with Crippen LogP contribution in [0.15, 0.2) is 10.9 Å². The SMILES string of the molecule is Cc1cc(C2CC2)[nH]c(=O)c1C(C)C=N. The van der Waals surface area contributed by atoms with Gasteiger partial charge in [-0.05, 0) is 37.3 Å². The van der Waals surface area contributed by atoms with Gasteiger partial charge in [-0.2, -0.15) is 0 Å². The van der Waals surface area contributed by atoms with Crippen molar-refractivity contribution in [2.45, 2.75) is 38.5 Å². The summed E-state index contributed by atoms with van der Waals surface area (Å²) in [5.74, 6) is 0.475. The van der Waals surface area contributed by atoms with Crippen LogP contribution in [0.2, 0.25) is 0 Å². The Morgan fingerprint density at radius 3 is 2.73 bits per heavy atom. The Kier molecular flexibility index (Phi) is 2.47. The van der Waals surface area contributed by atoms with Gasteiger partial charge in [0.05, 0.1) is 0 Å². The van der Waals surface area contributed by atoms with Gasteiger partial charge in [-0.3, -0.25) is 4.79 Å². The first-order chi connectivity index (χ1) is 7.13. The third kappa shape index (κ3) is 1.87. The highest BCUT2D eigenvalue weighted by Gasteiger charge is 2.25. The van der Waals surface area contributed by atoms with Gasteiger partial charge in [-0.15, -0.1) is 0 Å². The van der Waals surface area contributed by atoms with Crippen LogP contribution in [-0.2, 0) is 0 Å². The summed E-state index contributed by atoms with van der Waals surface area (Å²) in [7, 11) is 0. The molecule has 1 fully saturated rings. The van der Waals surface area contributed by atoms with Crippen LogP contribution in [0.5, 0.6) is 0 Å². The van der Waals surface area contributed by atoms with E-state index in [0.29, 0.717) is 5.92 Å². The maximum Gasteiger partial charge on any atom is 0.252 e. The van der Waals surface area contributed by atoms with Crippen molar-refractivity contribution in [1.29, 1.82) is 5.41 Å². The average Bonchev–Trinajstić information content (AvgIpc) is 2.99. The molecule has 1 aromatic heterocycles. The van der Waals surface area contributed by atoms with E-state index in [2.05, 4.69) is 11.1 Å². The number of rotatable bonds is 3. The summed E-state index contributed by atoms with van der Waals surface area (Å²) in [6.07, 6.45) is 3.69. The minimum atomic E-state index is -0.0954. The quantitative estimate of drug-likeness (QED) is 0.729. The van der Waals surface area contributed by atoms with Crippen molar-refractivity contribution >= 4 is 6.21 Å². The molecule has 0 amide bonds. The van der Waals surface area contributed by atoms with E-state index >= 15 is 0 Å². The summed E-state index contributed by atoms with van der Waals surface area (Å²) in [6, 6.07) is 2.06. The fourth-order valence-electron chi connectivity index (χ4n) is 1.99. The smallest absolute Gasteiger partial charge is 0.252 e. The summed E-state index contributed by atoms with van der Waals surface area (Å²) in [4.78, 5) is 14.8.